The van der Waals surface area contributed by atoms with Gasteiger partial charge in [0.2, 0.25) is 11.8 Å². The summed E-state index contributed by atoms with van der Waals surface area (Å²) in [6, 6.07) is 7.79. The Morgan fingerprint density at radius 2 is 2.12 bits per heavy atom. The summed E-state index contributed by atoms with van der Waals surface area (Å²) in [4.78, 5) is 30.0. The summed E-state index contributed by atoms with van der Waals surface area (Å²) in [7, 11) is 0. The molecule has 126 valence electrons. The predicted octanol–water partition coefficient (Wildman–Crippen LogP) is 1.15. The van der Waals surface area contributed by atoms with Gasteiger partial charge in [0.15, 0.2) is 0 Å². The zero-order valence-electron chi connectivity index (χ0n) is 13.7. The molecule has 2 heterocycles. The maximum absolute atomic E-state index is 12.3. The van der Waals surface area contributed by atoms with Crippen LogP contribution in [0.3, 0.4) is 0 Å². The molecule has 7 heteroatoms. The quantitative estimate of drug-likeness (QED) is 0.807. The smallest absolute Gasteiger partial charge is 0.227 e. The van der Waals surface area contributed by atoms with E-state index >= 15 is 0 Å². The van der Waals surface area contributed by atoms with Crippen LogP contribution in [0.1, 0.15) is 18.4 Å². The molecule has 1 aliphatic rings. The number of nitrogens with one attached hydrogen (secondary N) is 1. The molecule has 2 aromatic rings. The third kappa shape index (κ3) is 3.79. The van der Waals surface area contributed by atoms with E-state index < -0.39 is 0 Å². The molecule has 1 aromatic carbocycles. The molecule has 1 atom stereocenters. The van der Waals surface area contributed by atoms with Crippen molar-refractivity contribution in [3.63, 3.8) is 0 Å². The molecule has 1 fully saturated rings. The van der Waals surface area contributed by atoms with Crippen LogP contribution in [0, 0.1) is 12.8 Å². The highest BCUT2D eigenvalue weighted by Crippen LogP contribution is 2.25. The molecule has 0 saturated carbocycles. The first-order valence-electron chi connectivity index (χ1n) is 8.10. The Balaban J connectivity index is 1.47. The fourth-order valence-corrected chi connectivity index (χ4v) is 2.80. The van der Waals surface area contributed by atoms with Gasteiger partial charge in [-0.3, -0.25) is 14.3 Å². The highest BCUT2D eigenvalue weighted by molar-refractivity contribution is 6.00. The van der Waals surface area contributed by atoms with E-state index in [9.17, 15) is 9.59 Å². The molecule has 0 spiro atoms. The summed E-state index contributed by atoms with van der Waals surface area (Å²) in [5.74, 6) is -0.344. The molecule has 2 amide bonds. The number of hydrogen-bond acceptors (Lipinski definition) is 4. The van der Waals surface area contributed by atoms with Crippen molar-refractivity contribution in [2.75, 3.05) is 18.0 Å². The molecule has 24 heavy (non-hydrogen) atoms. The molecular formula is C17H21N5O2. The van der Waals surface area contributed by atoms with Crippen molar-refractivity contribution < 1.29 is 9.59 Å². The first-order chi connectivity index (χ1) is 11.6. The van der Waals surface area contributed by atoms with Crippen LogP contribution in [0.25, 0.3) is 0 Å². The van der Waals surface area contributed by atoms with E-state index in [4.69, 9.17) is 0 Å². The maximum Gasteiger partial charge on any atom is 0.227 e. The molecule has 1 aliphatic heterocycles. The van der Waals surface area contributed by atoms with Gasteiger partial charge in [-0.25, -0.2) is 4.98 Å². The van der Waals surface area contributed by atoms with E-state index in [1.807, 2.05) is 31.2 Å². The van der Waals surface area contributed by atoms with Gasteiger partial charge in [-0.15, -0.1) is 0 Å². The van der Waals surface area contributed by atoms with Gasteiger partial charge in [-0.2, -0.15) is 5.10 Å². The molecule has 3 rings (SSSR count). The van der Waals surface area contributed by atoms with Crippen molar-refractivity contribution in [1.29, 1.82) is 0 Å². The monoisotopic (exact) mass is 327 g/mol. The summed E-state index contributed by atoms with van der Waals surface area (Å²) in [5.41, 5.74) is 2.00. The lowest BCUT2D eigenvalue weighted by molar-refractivity contribution is -0.126. The van der Waals surface area contributed by atoms with Gasteiger partial charge in [0.1, 0.15) is 12.7 Å². The fraction of sp³-hybridized carbons (Fsp3) is 0.412. The van der Waals surface area contributed by atoms with Crippen molar-refractivity contribution in [2.45, 2.75) is 26.3 Å². The number of benzene rings is 1. The van der Waals surface area contributed by atoms with E-state index in [0.717, 1.165) is 17.7 Å². The van der Waals surface area contributed by atoms with Crippen LogP contribution in [0.2, 0.25) is 0 Å². The average Bonchev–Trinajstić information content (AvgIpc) is 3.22. The Kier molecular flexibility index (Phi) is 4.88. The number of nitrogens with zero attached hydrogens (tertiary/aromatic N) is 4. The third-order valence-corrected chi connectivity index (χ3v) is 4.17. The van der Waals surface area contributed by atoms with Crippen LogP contribution in [-0.4, -0.2) is 39.7 Å². The van der Waals surface area contributed by atoms with Gasteiger partial charge in [-0.05, 0) is 25.5 Å². The van der Waals surface area contributed by atoms with E-state index in [-0.39, 0.29) is 24.2 Å². The summed E-state index contributed by atoms with van der Waals surface area (Å²) >= 11 is 0. The molecule has 0 radical (unpaired) electrons. The lowest BCUT2D eigenvalue weighted by Crippen LogP contribution is -2.33. The molecule has 1 saturated heterocycles. The minimum absolute atomic E-state index is 0.00150. The van der Waals surface area contributed by atoms with E-state index in [1.54, 1.807) is 15.9 Å². The first-order valence-corrected chi connectivity index (χ1v) is 8.10. The minimum Gasteiger partial charge on any atom is -0.356 e. The SMILES string of the molecule is Cc1ccc(N2C[C@H](C(=O)NCCCn3cncn3)CC2=O)cc1. The number of anilines is 1. The van der Waals surface area contributed by atoms with E-state index in [1.165, 1.54) is 6.33 Å². The van der Waals surface area contributed by atoms with E-state index in [0.29, 0.717) is 19.6 Å². The van der Waals surface area contributed by atoms with Gasteiger partial charge < -0.3 is 10.2 Å². The molecule has 1 aromatic heterocycles. The normalized spacial score (nSPS) is 17.3. The zero-order chi connectivity index (χ0) is 16.9. The van der Waals surface area contributed by atoms with Crippen LogP contribution in [0.4, 0.5) is 5.69 Å². The highest BCUT2D eigenvalue weighted by Gasteiger charge is 2.34. The van der Waals surface area contributed by atoms with Crippen molar-refractivity contribution in [3.8, 4) is 0 Å². The largest absolute Gasteiger partial charge is 0.356 e. The second-order valence-corrected chi connectivity index (χ2v) is 6.04. The van der Waals surface area contributed by atoms with Crippen molar-refractivity contribution in [1.82, 2.24) is 20.1 Å². The van der Waals surface area contributed by atoms with E-state index in [2.05, 4.69) is 15.4 Å². The lowest BCUT2D eigenvalue weighted by atomic mass is 10.1. The number of amides is 2. The molecule has 1 N–H and O–H groups in total. The fourth-order valence-electron chi connectivity index (χ4n) is 2.80. The van der Waals surface area contributed by atoms with Crippen molar-refractivity contribution in [2.24, 2.45) is 5.92 Å². The van der Waals surface area contributed by atoms with Gasteiger partial charge in [0.25, 0.3) is 0 Å². The van der Waals surface area contributed by atoms with Crippen LogP contribution in [0.15, 0.2) is 36.9 Å². The number of carbonyl (C=O) groups excluding carboxylic acids is 2. The van der Waals surface area contributed by atoms with Gasteiger partial charge in [-0.1, -0.05) is 17.7 Å². The van der Waals surface area contributed by atoms with Crippen LogP contribution >= 0.6 is 0 Å². The number of carbonyl (C=O) groups is 2. The Morgan fingerprint density at radius 1 is 1.33 bits per heavy atom. The summed E-state index contributed by atoms with van der Waals surface area (Å²) in [6.45, 7) is 3.72. The van der Waals surface area contributed by atoms with Gasteiger partial charge in [0, 0.05) is 31.7 Å². The van der Waals surface area contributed by atoms with Crippen LogP contribution in [-0.2, 0) is 16.1 Å². The second-order valence-electron chi connectivity index (χ2n) is 6.04. The lowest BCUT2D eigenvalue weighted by Gasteiger charge is -2.17. The van der Waals surface area contributed by atoms with Crippen LogP contribution in [0.5, 0.6) is 0 Å². The standard InChI is InChI=1S/C17H21N5O2/c1-13-3-5-15(6-4-13)22-10-14(9-16(22)23)17(24)19-7-2-8-21-12-18-11-20-21/h3-6,11-12,14H,2,7-10H2,1H3,(H,19,24)/t14-/m1/s1. The van der Waals surface area contributed by atoms with Gasteiger partial charge >= 0.3 is 0 Å². The summed E-state index contributed by atoms with van der Waals surface area (Å²) < 4.78 is 1.73. The molecule has 0 unspecified atom stereocenters. The number of aryl methyl sites for hydroxylation is 2. The second kappa shape index (κ2) is 7.25. The summed E-state index contributed by atoms with van der Waals surface area (Å²) in [5, 5.41) is 6.92. The highest BCUT2D eigenvalue weighted by atomic mass is 16.2. The van der Waals surface area contributed by atoms with Crippen LogP contribution < -0.4 is 10.2 Å². The number of rotatable bonds is 6. The Labute approximate surface area is 140 Å². The molecule has 7 nitrogen and oxygen atoms in total. The molecule has 0 aliphatic carbocycles. The number of aromatic nitrogens is 3. The van der Waals surface area contributed by atoms with Gasteiger partial charge in [0.05, 0.1) is 5.92 Å². The van der Waals surface area contributed by atoms with Crippen molar-refractivity contribution >= 4 is 17.5 Å². The average molecular weight is 327 g/mol. The Morgan fingerprint density at radius 3 is 2.83 bits per heavy atom. The Hall–Kier alpha value is -2.70. The number of hydrogen-bond donors (Lipinski definition) is 1. The first kappa shape index (κ1) is 16.2. The maximum atomic E-state index is 12.3. The third-order valence-electron chi connectivity index (χ3n) is 4.17. The molecular weight excluding hydrogens is 306 g/mol. The topological polar surface area (TPSA) is 80.1 Å². The van der Waals surface area contributed by atoms with Crippen molar-refractivity contribution in [3.05, 3.63) is 42.5 Å². The summed E-state index contributed by atoms with van der Waals surface area (Å²) in [6.07, 6.45) is 4.18. The Bertz CT molecular complexity index is 696. The minimum atomic E-state index is -0.287. The zero-order valence-corrected chi connectivity index (χ0v) is 13.7. The molecule has 0 bridgehead atoms. The predicted molar refractivity (Wildman–Crippen MR) is 89.3 cm³/mol.